The second-order valence-corrected chi connectivity index (χ2v) is 17.3. The van der Waals surface area contributed by atoms with Gasteiger partial charge < -0.3 is 30.4 Å². The molecule has 1 aliphatic heterocycles. The number of pyridine rings is 2. The van der Waals surface area contributed by atoms with Gasteiger partial charge in [0.2, 0.25) is 11.2 Å². The van der Waals surface area contributed by atoms with Crippen LogP contribution in [-0.2, 0) is 34.6 Å². The molecule has 2 atom stereocenters. The van der Waals surface area contributed by atoms with Crippen molar-refractivity contribution < 1.29 is 29.6 Å². The second kappa shape index (κ2) is 19.8. The lowest BCUT2D eigenvalue weighted by atomic mass is 9.85. The number of H-pyrrole nitrogens is 1. The van der Waals surface area contributed by atoms with E-state index in [1.807, 2.05) is 42.5 Å². The first-order chi connectivity index (χ1) is 30.6. The summed E-state index contributed by atoms with van der Waals surface area (Å²) in [5.74, 6) is -0.583. The molecule has 63 heavy (non-hydrogen) atoms. The predicted molar refractivity (Wildman–Crippen MR) is 244 cm³/mol. The normalized spacial score (nSPS) is 14.9. The Morgan fingerprint density at radius 2 is 1.65 bits per heavy atom. The number of phenols is 1. The summed E-state index contributed by atoms with van der Waals surface area (Å²) in [4.78, 5) is 50.4. The monoisotopic (exact) mass is 862 g/mol. The minimum absolute atomic E-state index is 0.0317. The van der Waals surface area contributed by atoms with Crippen molar-refractivity contribution in [2.24, 2.45) is 5.92 Å². The number of aromatic hydroxyl groups is 1. The molecule has 4 aromatic carbocycles. The van der Waals surface area contributed by atoms with Crippen LogP contribution in [0.3, 0.4) is 0 Å². The van der Waals surface area contributed by atoms with Crippen LogP contribution in [-0.4, -0.2) is 68.2 Å². The molecule has 0 amide bonds. The van der Waals surface area contributed by atoms with E-state index in [1.54, 1.807) is 72.1 Å². The number of piperidine rings is 1. The molecule has 11 nitrogen and oxygen atoms in total. The Hall–Kier alpha value is -6.28. The van der Waals surface area contributed by atoms with E-state index in [2.05, 4.69) is 44.5 Å². The first-order valence-corrected chi connectivity index (χ1v) is 22.1. The van der Waals surface area contributed by atoms with E-state index < -0.39 is 17.7 Å². The Morgan fingerprint density at radius 1 is 0.889 bits per heavy atom. The van der Waals surface area contributed by atoms with Crippen molar-refractivity contribution in [1.29, 1.82) is 0 Å². The summed E-state index contributed by atoms with van der Waals surface area (Å²) >= 11 is 1.56. The number of nitrogens with one attached hydrogen (secondary N) is 2. The van der Waals surface area contributed by atoms with Gasteiger partial charge in [-0.05, 0) is 103 Å². The highest BCUT2D eigenvalue weighted by Crippen LogP contribution is 2.36. The van der Waals surface area contributed by atoms with Gasteiger partial charge in [0, 0.05) is 64.6 Å². The van der Waals surface area contributed by atoms with Gasteiger partial charge in [-0.3, -0.25) is 19.5 Å². The highest BCUT2D eigenvalue weighted by Gasteiger charge is 2.42. The zero-order valence-corrected chi connectivity index (χ0v) is 35.6. The summed E-state index contributed by atoms with van der Waals surface area (Å²) in [6.45, 7) is 3.55. The molecule has 8 rings (SSSR count). The number of hydrogen-bond donors (Lipinski definition) is 5. The average Bonchev–Trinajstić information content (AvgIpc) is 3.80. The maximum absolute atomic E-state index is 14.0. The number of aromatic amines is 1. The molecule has 4 heterocycles. The van der Waals surface area contributed by atoms with E-state index in [0.29, 0.717) is 52.7 Å². The number of nitrogens with zero attached hydrogens (tertiary/aromatic N) is 2. The van der Waals surface area contributed by atoms with E-state index >= 15 is 0 Å². The molecule has 0 spiro atoms. The van der Waals surface area contributed by atoms with Crippen molar-refractivity contribution >= 4 is 34.0 Å². The molecule has 0 aliphatic carbocycles. The average molecular weight is 863 g/mol. The molecular weight excluding hydrogens is 813 g/mol. The van der Waals surface area contributed by atoms with Gasteiger partial charge in [0.05, 0.1) is 23.9 Å². The van der Waals surface area contributed by atoms with Crippen LogP contribution in [0.15, 0.2) is 144 Å². The van der Waals surface area contributed by atoms with Gasteiger partial charge >= 0.3 is 5.97 Å². The van der Waals surface area contributed by atoms with Gasteiger partial charge in [-0.25, -0.2) is 4.79 Å². The van der Waals surface area contributed by atoms with Crippen LogP contribution < -0.4 is 10.9 Å². The minimum Gasteiger partial charge on any atom is -0.506 e. The topological polar surface area (TPSA) is 165 Å². The first kappa shape index (κ1) is 43.4. The number of aliphatic hydroxyl groups excluding tert-OH is 1. The number of hydrogen-bond acceptors (Lipinski definition) is 11. The quantitative estimate of drug-likeness (QED) is 0.0453. The van der Waals surface area contributed by atoms with Crippen LogP contribution in [0, 0.1) is 5.92 Å². The number of likely N-dealkylation sites (tertiary alicyclic amines) is 1. The van der Waals surface area contributed by atoms with E-state index in [1.165, 1.54) is 17.7 Å². The molecule has 0 unspecified atom stereocenters. The zero-order valence-electron chi connectivity index (χ0n) is 34.8. The van der Waals surface area contributed by atoms with E-state index in [0.717, 1.165) is 47.8 Å². The van der Waals surface area contributed by atoms with Gasteiger partial charge in [-0.2, -0.15) is 0 Å². The van der Waals surface area contributed by atoms with E-state index in [4.69, 9.17) is 4.74 Å². The highest BCUT2D eigenvalue weighted by molar-refractivity contribution is 7.15. The lowest BCUT2D eigenvalue weighted by Gasteiger charge is -2.33. The number of ether oxygens (including phenoxy) is 1. The molecule has 1 saturated heterocycles. The molecule has 1 fully saturated rings. The summed E-state index contributed by atoms with van der Waals surface area (Å²) < 4.78 is 5.95. The molecule has 0 bridgehead atoms. The number of aromatic nitrogens is 2. The number of aliphatic hydroxyl groups is 2. The first-order valence-electron chi connectivity index (χ1n) is 21.3. The number of thiophene rings is 1. The Kier molecular flexibility index (Phi) is 13.7. The lowest BCUT2D eigenvalue weighted by Crippen LogP contribution is -2.40. The number of Topliss-reactive ketones (excluding diaryl/α,β-unsaturated/α-hetero) is 1. The van der Waals surface area contributed by atoms with Crippen molar-refractivity contribution in [3.8, 4) is 16.2 Å². The van der Waals surface area contributed by atoms with Crippen LogP contribution in [0.1, 0.15) is 68.5 Å². The third-order valence-corrected chi connectivity index (χ3v) is 13.0. The maximum Gasteiger partial charge on any atom is 0.347 e. The number of rotatable bonds is 17. The molecule has 3 aromatic heterocycles. The number of carbonyl (C=O) groups is 2. The smallest absolute Gasteiger partial charge is 0.347 e. The van der Waals surface area contributed by atoms with Gasteiger partial charge in [0.25, 0.3) is 0 Å². The van der Waals surface area contributed by atoms with E-state index in [-0.39, 0.29) is 41.7 Å². The second-order valence-electron chi connectivity index (χ2n) is 16.1. The molecule has 0 radical (unpaired) electrons. The van der Waals surface area contributed by atoms with Crippen molar-refractivity contribution in [3.63, 3.8) is 0 Å². The number of esters is 1. The van der Waals surface area contributed by atoms with Gasteiger partial charge in [-0.15, -0.1) is 11.3 Å². The van der Waals surface area contributed by atoms with E-state index in [9.17, 15) is 29.7 Å². The fourth-order valence-electron chi connectivity index (χ4n) is 8.17. The van der Waals surface area contributed by atoms with Crippen molar-refractivity contribution in [2.45, 2.75) is 50.5 Å². The number of benzene rings is 4. The third kappa shape index (κ3) is 10.3. The molecule has 1 aliphatic rings. The third-order valence-electron chi connectivity index (χ3n) is 11.8. The summed E-state index contributed by atoms with van der Waals surface area (Å²) in [6.07, 6.45) is 3.32. The Bertz CT molecular complexity index is 2710. The standard InChI is InChI=1S/C51H50N4O7S/c56-44(37-14-15-40(53-29-37)30-52-31-46(58)42-18-21-45(57)49-43(42)19-23-48(59)54-49)20-16-41-17-22-47(63-41)36-10-7-13-39(28-36)51(61,38-11-5-2-6-12-38)50(60)62-33-35-24-26-55(27-25-35)32-34-8-3-1-4-9-34/h1-15,17-19,21-23,28-29,35,46,52,57-58,61H,16,20,24-27,30-33H2,(H,54,59)/t46-,51-/m0/s1. The fourth-order valence-corrected chi connectivity index (χ4v) is 9.17. The van der Waals surface area contributed by atoms with Crippen molar-refractivity contribution in [2.75, 3.05) is 26.2 Å². The molecule has 322 valence electrons. The van der Waals surface area contributed by atoms with Gasteiger partial charge in [-0.1, -0.05) is 84.9 Å². The number of fused-ring (bicyclic) bond motifs is 1. The molecular formula is C51H50N4O7S. The number of phenolic OH excluding ortho intramolecular Hbond substituents is 1. The summed E-state index contributed by atoms with van der Waals surface area (Å²) in [6, 6.07) is 40.3. The minimum atomic E-state index is -2.01. The van der Waals surface area contributed by atoms with Crippen LogP contribution >= 0.6 is 11.3 Å². The maximum atomic E-state index is 14.0. The number of ketones is 1. The number of carbonyl (C=O) groups excluding carboxylic acids is 2. The highest BCUT2D eigenvalue weighted by atomic mass is 32.1. The van der Waals surface area contributed by atoms with Crippen molar-refractivity contribution in [3.05, 3.63) is 188 Å². The van der Waals surface area contributed by atoms with Crippen LogP contribution in [0.4, 0.5) is 0 Å². The molecule has 7 aromatic rings. The summed E-state index contributed by atoms with van der Waals surface area (Å²) in [5, 5.41) is 37.1. The zero-order chi connectivity index (χ0) is 43.8. The molecule has 12 heteroatoms. The SMILES string of the molecule is O=C(CCc1ccc(-c2cccc([C@](O)(C(=O)OCC3CCN(Cc4ccccc4)CC3)c3ccccc3)c2)s1)c1ccc(CNC[C@H](O)c2ccc(O)c3[nH]c(=O)ccc23)nc1. The Labute approximate surface area is 369 Å². The Morgan fingerprint density at radius 3 is 2.41 bits per heavy atom. The largest absolute Gasteiger partial charge is 0.506 e. The van der Waals surface area contributed by atoms with Crippen molar-refractivity contribution in [1.82, 2.24) is 20.2 Å². The van der Waals surface area contributed by atoms with Crippen LogP contribution in [0.2, 0.25) is 0 Å². The molecule has 0 saturated carbocycles. The summed E-state index contributed by atoms with van der Waals surface area (Å²) in [7, 11) is 0. The van der Waals surface area contributed by atoms with Crippen LogP contribution in [0.5, 0.6) is 5.75 Å². The van der Waals surface area contributed by atoms with Gasteiger partial charge in [0.1, 0.15) is 5.75 Å². The van der Waals surface area contributed by atoms with Gasteiger partial charge in [0.15, 0.2) is 5.78 Å². The summed E-state index contributed by atoms with van der Waals surface area (Å²) in [5.41, 5.74) is 2.69. The predicted octanol–water partition coefficient (Wildman–Crippen LogP) is 7.69. The van der Waals surface area contributed by atoms with Crippen LogP contribution in [0.25, 0.3) is 21.3 Å². The molecule has 5 N–H and O–H groups in total. The fraction of sp³-hybridized carbons (Fsp3) is 0.255. The lowest BCUT2D eigenvalue weighted by molar-refractivity contribution is -0.164. The number of aryl methyl sites for hydroxylation is 1. The Balaban J connectivity index is 0.848.